The fraction of sp³-hybridized carbons (Fsp3) is 0.389. The van der Waals surface area contributed by atoms with Crippen LogP contribution in [0.2, 0.25) is 0 Å². The van der Waals surface area contributed by atoms with Crippen molar-refractivity contribution >= 4 is 0 Å². The molecular weight excluding hydrogens is 260 g/mol. The van der Waals surface area contributed by atoms with E-state index in [1.165, 1.54) is 17.5 Å². The zero-order valence-electron chi connectivity index (χ0n) is 12.7. The smallest absolute Gasteiger partial charge is 0.119 e. The van der Waals surface area contributed by atoms with Crippen molar-refractivity contribution in [2.45, 2.75) is 32.7 Å². The monoisotopic (exact) mass is 284 g/mol. The highest BCUT2D eigenvalue weighted by Crippen LogP contribution is 2.12. The molecule has 1 heterocycles. The summed E-state index contributed by atoms with van der Waals surface area (Å²) in [6.07, 6.45) is 6.98. The van der Waals surface area contributed by atoms with Gasteiger partial charge < -0.3 is 10.1 Å². The minimum atomic E-state index is 0.806. The van der Waals surface area contributed by atoms with Crippen LogP contribution in [0.5, 0.6) is 5.75 Å². The van der Waals surface area contributed by atoms with Crippen LogP contribution in [0.1, 0.15) is 30.9 Å². The Bertz CT molecular complexity index is 496. The maximum Gasteiger partial charge on any atom is 0.119 e. The number of aromatic nitrogens is 1. The molecule has 2 aromatic rings. The predicted octanol–water partition coefficient (Wildman–Crippen LogP) is 3.59. The Morgan fingerprint density at radius 2 is 1.76 bits per heavy atom. The molecule has 0 aliphatic carbocycles. The van der Waals surface area contributed by atoms with Crippen molar-refractivity contribution in [2.24, 2.45) is 0 Å². The molecule has 112 valence electrons. The summed E-state index contributed by atoms with van der Waals surface area (Å²) >= 11 is 0. The van der Waals surface area contributed by atoms with Crippen LogP contribution in [0.25, 0.3) is 0 Å². The molecule has 0 amide bonds. The van der Waals surface area contributed by atoms with Gasteiger partial charge in [-0.1, -0.05) is 25.5 Å². The Hall–Kier alpha value is -1.87. The van der Waals surface area contributed by atoms with Crippen molar-refractivity contribution in [3.8, 4) is 5.75 Å². The molecule has 0 aliphatic rings. The summed E-state index contributed by atoms with van der Waals surface area (Å²) in [5.41, 5.74) is 2.60. The van der Waals surface area contributed by atoms with Crippen LogP contribution in [0, 0.1) is 0 Å². The summed E-state index contributed by atoms with van der Waals surface area (Å²) in [6, 6.07) is 12.5. The molecule has 0 aliphatic heterocycles. The summed E-state index contributed by atoms with van der Waals surface area (Å²) < 4.78 is 5.66. The molecule has 1 N–H and O–H groups in total. The van der Waals surface area contributed by atoms with E-state index >= 15 is 0 Å². The minimum Gasteiger partial charge on any atom is -0.494 e. The van der Waals surface area contributed by atoms with Crippen LogP contribution in [-0.2, 0) is 13.0 Å². The maximum absolute atomic E-state index is 5.66. The molecule has 0 saturated heterocycles. The molecule has 1 aromatic heterocycles. The van der Waals surface area contributed by atoms with Crippen LogP contribution < -0.4 is 10.1 Å². The number of rotatable bonds is 9. The lowest BCUT2D eigenvalue weighted by atomic mass is 10.2. The third-order valence-corrected chi connectivity index (χ3v) is 3.36. The van der Waals surface area contributed by atoms with Crippen LogP contribution in [0.4, 0.5) is 0 Å². The van der Waals surface area contributed by atoms with Crippen LogP contribution in [0.3, 0.4) is 0 Å². The summed E-state index contributed by atoms with van der Waals surface area (Å²) in [5.74, 6) is 0.962. The van der Waals surface area contributed by atoms with Gasteiger partial charge in [0.2, 0.25) is 0 Å². The predicted molar refractivity (Wildman–Crippen MR) is 86.5 cm³/mol. The van der Waals surface area contributed by atoms with Gasteiger partial charge in [-0.15, -0.1) is 0 Å². The van der Waals surface area contributed by atoms with Crippen molar-refractivity contribution in [1.82, 2.24) is 10.3 Å². The Kier molecular flexibility index (Phi) is 6.75. The zero-order valence-corrected chi connectivity index (χ0v) is 12.7. The highest BCUT2D eigenvalue weighted by molar-refractivity contribution is 5.27. The number of nitrogens with zero attached hydrogens (tertiary/aromatic N) is 1. The Morgan fingerprint density at radius 1 is 1.00 bits per heavy atom. The first-order valence-electron chi connectivity index (χ1n) is 7.70. The molecule has 0 fully saturated rings. The number of benzene rings is 1. The number of pyridine rings is 1. The lowest BCUT2D eigenvalue weighted by Crippen LogP contribution is -2.16. The van der Waals surface area contributed by atoms with Gasteiger partial charge in [-0.3, -0.25) is 4.98 Å². The Labute approximate surface area is 127 Å². The van der Waals surface area contributed by atoms with Crippen molar-refractivity contribution in [1.29, 1.82) is 0 Å². The van der Waals surface area contributed by atoms with Gasteiger partial charge in [0.15, 0.2) is 0 Å². The van der Waals surface area contributed by atoms with Gasteiger partial charge in [0.05, 0.1) is 6.61 Å². The lowest BCUT2D eigenvalue weighted by Gasteiger charge is -2.08. The third-order valence-electron chi connectivity index (χ3n) is 3.36. The third kappa shape index (κ3) is 5.96. The number of unbranched alkanes of at least 4 members (excludes halogenated alkanes) is 1. The normalized spacial score (nSPS) is 10.5. The maximum atomic E-state index is 5.66. The molecule has 2 rings (SSSR count). The number of hydrogen-bond donors (Lipinski definition) is 1. The van der Waals surface area contributed by atoms with E-state index in [4.69, 9.17) is 4.74 Å². The SMILES string of the molecule is CCCCOc1ccc(CNCCc2ccncc2)cc1. The molecule has 0 bridgehead atoms. The average molecular weight is 284 g/mol. The molecule has 0 radical (unpaired) electrons. The van der Waals surface area contributed by atoms with E-state index in [0.717, 1.165) is 38.3 Å². The second kappa shape index (κ2) is 9.14. The van der Waals surface area contributed by atoms with E-state index in [-0.39, 0.29) is 0 Å². The summed E-state index contributed by atoms with van der Waals surface area (Å²) in [6.45, 7) is 4.84. The van der Waals surface area contributed by atoms with E-state index in [1.807, 2.05) is 12.4 Å². The zero-order chi connectivity index (χ0) is 14.8. The fourth-order valence-corrected chi connectivity index (χ4v) is 2.05. The van der Waals surface area contributed by atoms with E-state index in [9.17, 15) is 0 Å². The van der Waals surface area contributed by atoms with Gasteiger partial charge in [-0.2, -0.15) is 0 Å². The minimum absolute atomic E-state index is 0.806. The molecule has 3 nitrogen and oxygen atoms in total. The molecule has 1 aromatic carbocycles. The van der Waals surface area contributed by atoms with Crippen LogP contribution in [-0.4, -0.2) is 18.1 Å². The number of hydrogen-bond acceptors (Lipinski definition) is 3. The molecule has 21 heavy (non-hydrogen) atoms. The molecule has 0 unspecified atom stereocenters. The quantitative estimate of drug-likeness (QED) is 0.715. The first-order chi connectivity index (χ1) is 10.4. The average Bonchev–Trinajstić information content (AvgIpc) is 2.54. The van der Waals surface area contributed by atoms with Crippen molar-refractivity contribution in [3.05, 3.63) is 59.9 Å². The molecule has 0 saturated carbocycles. The Balaban J connectivity index is 1.66. The molecule has 0 atom stereocenters. The van der Waals surface area contributed by atoms with E-state index < -0.39 is 0 Å². The second-order valence-corrected chi connectivity index (χ2v) is 5.13. The van der Waals surface area contributed by atoms with Gasteiger partial charge >= 0.3 is 0 Å². The van der Waals surface area contributed by atoms with Crippen LogP contribution >= 0.6 is 0 Å². The molecule has 3 heteroatoms. The summed E-state index contributed by atoms with van der Waals surface area (Å²) in [7, 11) is 0. The van der Waals surface area contributed by atoms with Gasteiger partial charge in [0.1, 0.15) is 5.75 Å². The highest BCUT2D eigenvalue weighted by atomic mass is 16.5. The van der Waals surface area contributed by atoms with E-state index in [1.54, 1.807) is 0 Å². The standard InChI is InChI=1S/C18H24N2O/c1-2-3-14-21-18-6-4-17(5-7-18)15-20-13-10-16-8-11-19-12-9-16/h4-9,11-12,20H,2-3,10,13-15H2,1H3. The number of nitrogens with one attached hydrogen (secondary N) is 1. The molecule has 0 spiro atoms. The van der Waals surface area contributed by atoms with E-state index in [2.05, 4.69) is 53.6 Å². The highest BCUT2D eigenvalue weighted by Gasteiger charge is 1.96. The first kappa shape index (κ1) is 15.5. The van der Waals surface area contributed by atoms with Crippen LogP contribution in [0.15, 0.2) is 48.8 Å². The van der Waals surface area contributed by atoms with Gasteiger partial charge in [0, 0.05) is 18.9 Å². The fourth-order valence-electron chi connectivity index (χ4n) is 2.05. The van der Waals surface area contributed by atoms with E-state index in [0.29, 0.717) is 0 Å². The van der Waals surface area contributed by atoms with Gasteiger partial charge in [-0.25, -0.2) is 0 Å². The molecular formula is C18H24N2O. The van der Waals surface area contributed by atoms with Gasteiger partial charge in [-0.05, 0) is 54.8 Å². The first-order valence-corrected chi connectivity index (χ1v) is 7.70. The van der Waals surface area contributed by atoms with Gasteiger partial charge in [0.25, 0.3) is 0 Å². The lowest BCUT2D eigenvalue weighted by molar-refractivity contribution is 0.309. The summed E-state index contributed by atoms with van der Waals surface area (Å²) in [5, 5.41) is 3.46. The Morgan fingerprint density at radius 3 is 2.48 bits per heavy atom. The second-order valence-electron chi connectivity index (χ2n) is 5.13. The largest absolute Gasteiger partial charge is 0.494 e. The van der Waals surface area contributed by atoms with Crippen molar-refractivity contribution < 1.29 is 4.74 Å². The number of ether oxygens (including phenoxy) is 1. The van der Waals surface area contributed by atoms with Crippen molar-refractivity contribution in [2.75, 3.05) is 13.2 Å². The summed E-state index contributed by atoms with van der Waals surface area (Å²) in [4.78, 5) is 4.02. The topological polar surface area (TPSA) is 34.1 Å². The van der Waals surface area contributed by atoms with Crippen molar-refractivity contribution in [3.63, 3.8) is 0 Å².